The van der Waals surface area contributed by atoms with E-state index in [2.05, 4.69) is 39.5 Å². The number of ether oxygens (including phenoxy) is 2. The summed E-state index contributed by atoms with van der Waals surface area (Å²) in [6, 6.07) is 25.3. The molecule has 0 aromatic heterocycles. The molecule has 8 heteroatoms. The lowest BCUT2D eigenvalue weighted by atomic mass is 9.81. The maximum atomic E-state index is 12.5. The summed E-state index contributed by atoms with van der Waals surface area (Å²) in [7, 11) is 10.0. The SMILES string of the molecule is C=CCc1ccc(OC)c(C=CC(=O)c2ccc(C(=O)N(C)C)cc2)c1.CCC(C)(C)c1ccc(OC)c(C=CC(=O)c2ccc(C(=O)N(C)C)cc2)c1. The minimum Gasteiger partial charge on any atom is -0.496 e. The number of allylic oxidation sites excluding steroid dienone is 3. The van der Waals surface area contributed by atoms with Gasteiger partial charge in [0, 0.05) is 61.6 Å². The summed E-state index contributed by atoms with van der Waals surface area (Å²) in [5.74, 6) is 0.995. The van der Waals surface area contributed by atoms with Crippen LogP contribution >= 0.6 is 0 Å². The van der Waals surface area contributed by atoms with E-state index in [1.165, 1.54) is 21.4 Å². The Labute approximate surface area is 320 Å². The van der Waals surface area contributed by atoms with Gasteiger partial charge in [-0.2, -0.15) is 0 Å². The third-order valence-corrected chi connectivity index (χ3v) is 9.04. The average molecular weight is 729 g/mol. The number of nitrogens with zero attached hydrogens (tertiary/aromatic N) is 2. The van der Waals surface area contributed by atoms with Crippen LogP contribution in [0.2, 0.25) is 0 Å². The molecule has 0 aliphatic carbocycles. The molecule has 0 aliphatic rings. The lowest BCUT2D eigenvalue weighted by molar-refractivity contribution is 0.0820. The molecule has 8 nitrogen and oxygen atoms in total. The van der Waals surface area contributed by atoms with Crippen LogP contribution in [0.1, 0.15) is 90.9 Å². The van der Waals surface area contributed by atoms with E-state index in [-0.39, 0.29) is 28.8 Å². The number of benzene rings is 4. The van der Waals surface area contributed by atoms with Gasteiger partial charge in [-0.1, -0.05) is 63.2 Å². The van der Waals surface area contributed by atoms with Gasteiger partial charge in [0.15, 0.2) is 11.6 Å². The molecule has 0 bridgehead atoms. The maximum absolute atomic E-state index is 12.5. The highest BCUT2D eigenvalue weighted by Gasteiger charge is 2.19. The van der Waals surface area contributed by atoms with E-state index >= 15 is 0 Å². The molecule has 54 heavy (non-hydrogen) atoms. The molecule has 0 fully saturated rings. The maximum Gasteiger partial charge on any atom is 0.253 e. The van der Waals surface area contributed by atoms with Gasteiger partial charge in [-0.25, -0.2) is 0 Å². The number of amides is 2. The van der Waals surface area contributed by atoms with E-state index in [0.29, 0.717) is 28.0 Å². The molecule has 0 atom stereocenters. The minimum atomic E-state index is -0.134. The second-order valence-electron chi connectivity index (χ2n) is 13.7. The van der Waals surface area contributed by atoms with Crippen molar-refractivity contribution in [1.29, 1.82) is 0 Å². The summed E-state index contributed by atoms with van der Waals surface area (Å²) >= 11 is 0. The second kappa shape index (κ2) is 19.7. The molecule has 0 N–H and O–H groups in total. The van der Waals surface area contributed by atoms with Crippen molar-refractivity contribution in [3.05, 3.63) is 154 Å². The van der Waals surface area contributed by atoms with E-state index in [1.54, 1.807) is 109 Å². The van der Waals surface area contributed by atoms with Gasteiger partial charge in [0.1, 0.15) is 11.5 Å². The Hall–Kier alpha value is -6.02. The van der Waals surface area contributed by atoms with Gasteiger partial charge in [-0.15, -0.1) is 6.58 Å². The number of carbonyl (C=O) groups excluding carboxylic acids is 4. The Balaban J connectivity index is 0.000000291. The van der Waals surface area contributed by atoms with Crippen LogP contribution in [0.25, 0.3) is 12.2 Å². The third kappa shape index (κ3) is 11.5. The first-order valence-electron chi connectivity index (χ1n) is 17.7. The molecule has 4 aromatic carbocycles. The monoisotopic (exact) mass is 728 g/mol. The fraction of sp³-hybridized carbons (Fsp3) is 0.261. The summed E-state index contributed by atoms with van der Waals surface area (Å²) < 4.78 is 10.8. The van der Waals surface area contributed by atoms with Gasteiger partial charge in [-0.3, -0.25) is 19.2 Å². The molecule has 0 heterocycles. The number of hydrogen-bond acceptors (Lipinski definition) is 6. The Kier molecular flexibility index (Phi) is 15.5. The number of carbonyl (C=O) groups is 4. The second-order valence-corrected chi connectivity index (χ2v) is 13.7. The molecule has 282 valence electrons. The topological polar surface area (TPSA) is 93.2 Å². The van der Waals surface area contributed by atoms with Gasteiger partial charge >= 0.3 is 0 Å². The Morgan fingerprint density at radius 1 is 0.630 bits per heavy atom. The molecule has 0 aliphatic heterocycles. The number of hydrogen-bond donors (Lipinski definition) is 0. The van der Waals surface area contributed by atoms with Crippen LogP contribution in [-0.2, 0) is 11.8 Å². The zero-order chi connectivity index (χ0) is 40.0. The number of methoxy groups -OCH3 is 2. The van der Waals surface area contributed by atoms with Gasteiger partial charge < -0.3 is 19.3 Å². The third-order valence-electron chi connectivity index (χ3n) is 9.04. The highest BCUT2D eigenvalue weighted by atomic mass is 16.5. The molecule has 4 aromatic rings. The molecule has 2 amide bonds. The lowest BCUT2D eigenvalue weighted by Gasteiger charge is -2.24. The Morgan fingerprint density at radius 2 is 1.04 bits per heavy atom. The summed E-state index contributed by atoms with van der Waals surface area (Å²) in [5, 5.41) is 0. The van der Waals surface area contributed by atoms with Crippen LogP contribution in [0.3, 0.4) is 0 Å². The first-order valence-corrected chi connectivity index (χ1v) is 17.7. The van der Waals surface area contributed by atoms with E-state index in [9.17, 15) is 19.2 Å². The van der Waals surface area contributed by atoms with Gasteiger partial charge in [0.2, 0.25) is 0 Å². The van der Waals surface area contributed by atoms with E-state index in [4.69, 9.17) is 9.47 Å². The molecule has 0 saturated carbocycles. The molecule has 0 saturated heterocycles. The van der Waals surface area contributed by atoms with Crippen molar-refractivity contribution in [3.63, 3.8) is 0 Å². The number of ketones is 2. The van der Waals surface area contributed by atoms with Crippen LogP contribution in [0, 0.1) is 0 Å². The fourth-order valence-electron chi connectivity index (χ4n) is 5.29. The summed E-state index contributed by atoms with van der Waals surface area (Å²) in [4.78, 5) is 51.8. The van der Waals surface area contributed by atoms with Crippen molar-refractivity contribution >= 4 is 35.5 Å². The highest BCUT2D eigenvalue weighted by Crippen LogP contribution is 2.31. The van der Waals surface area contributed by atoms with Crippen molar-refractivity contribution in [2.45, 2.75) is 39.0 Å². The van der Waals surface area contributed by atoms with Gasteiger partial charge in [0.05, 0.1) is 14.2 Å². The zero-order valence-electron chi connectivity index (χ0n) is 32.9. The average Bonchev–Trinajstić information content (AvgIpc) is 3.18. The van der Waals surface area contributed by atoms with Crippen molar-refractivity contribution in [3.8, 4) is 11.5 Å². The fourth-order valence-corrected chi connectivity index (χ4v) is 5.29. The predicted molar refractivity (Wildman–Crippen MR) is 219 cm³/mol. The molecule has 0 radical (unpaired) electrons. The normalized spacial score (nSPS) is 11.1. The van der Waals surface area contributed by atoms with Crippen LogP contribution in [-0.4, -0.2) is 75.6 Å². The quantitative estimate of drug-likeness (QED) is 0.0731. The van der Waals surface area contributed by atoms with E-state index in [1.807, 2.05) is 30.3 Å². The molecular formula is C46H52N2O6. The van der Waals surface area contributed by atoms with Crippen molar-refractivity contribution in [1.82, 2.24) is 9.80 Å². The summed E-state index contributed by atoms with van der Waals surface area (Å²) in [6.07, 6.45) is 10.2. The van der Waals surface area contributed by atoms with Crippen molar-refractivity contribution < 1.29 is 28.7 Å². The highest BCUT2D eigenvalue weighted by molar-refractivity contribution is 6.08. The first-order chi connectivity index (χ1) is 25.6. The predicted octanol–water partition coefficient (Wildman–Crippen LogP) is 9.00. The van der Waals surface area contributed by atoms with Crippen LogP contribution in [0.5, 0.6) is 11.5 Å². The molecular weight excluding hydrogens is 677 g/mol. The van der Waals surface area contributed by atoms with Gasteiger partial charge in [-0.05, 0) is 102 Å². The Morgan fingerprint density at radius 3 is 1.43 bits per heavy atom. The van der Waals surface area contributed by atoms with Crippen LogP contribution < -0.4 is 9.47 Å². The summed E-state index contributed by atoms with van der Waals surface area (Å²) in [6.45, 7) is 10.3. The first kappa shape index (κ1) is 42.4. The summed E-state index contributed by atoms with van der Waals surface area (Å²) in [5.41, 5.74) is 6.22. The lowest BCUT2D eigenvalue weighted by Crippen LogP contribution is -2.21. The molecule has 0 unspecified atom stereocenters. The smallest absolute Gasteiger partial charge is 0.253 e. The number of rotatable bonds is 14. The molecule has 4 rings (SSSR count). The van der Waals surface area contributed by atoms with Crippen molar-refractivity contribution in [2.75, 3.05) is 42.4 Å². The standard InChI is InChI=1S/C24H29NO3.C22H23NO3/c1-7-24(2,3)20-13-15-22(28-6)19(16-20)12-14-21(26)17-8-10-18(11-9-17)23(27)25(4)5;1-5-6-16-7-14-21(26-4)19(15-16)12-13-20(24)17-8-10-18(11-9-17)22(25)23(2)3/h8-16H,7H2,1-6H3;5,7-15H,1,6H2,2-4H3. The minimum absolute atomic E-state index is 0.0493. The zero-order valence-corrected chi connectivity index (χ0v) is 32.9. The Bertz CT molecular complexity index is 2000. The van der Waals surface area contributed by atoms with Crippen LogP contribution in [0.15, 0.2) is 110 Å². The molecule has 0 spiro atoms. The largest absolute Gasteiger partial charge is 0.496 e. The van der Waals surface area contributed by atoms with Crippen molar-refractivity contribution in [2.24, 2.45) is 0 Å². The van der Waals surface area contributed by atoms with E-state index in [0.717, 1.165) is 35.3 Å². The van der Waals surface area contributed by atoms with E-state index < -0.39 is 0 Å². The van der Waals surface area contributed by atoms with Gasteiger partial charge in [0.25, 0.3) is 11.8 Å². The van der Waals surface area contributed by atoms with Crippen LogP contribution in [0.4, 0.5) is 0 Å².